The molecule has 0 spiro atoms. The summed E-state index contributed by atoms with van der Waals surface area (Å²) >= 11 is 0. The highest BCUT2D eigenvalue weighted by atomic mass is 32.2. The van der Waals surface area contributed by atoms with E-state index in [1.165, 1.54) is 36.5 Å². The van der Waals surface area contributed by atoms with Gasteiger partial charge in [-0.05, 0) is 47.5 Å². The monoisotopic (exact) mass is 574 g/mol. The molecule has 1 unspecified atom stereocenters. The van der Waals surface area contributed by atoms with E-state index in [1.807, 2.05) is 0 Å². The summed E-state index contributed by atoms with van der Waals surface area (Å²) in [6.45, 7) is 2.48. The van der Waals surface area contributed by atoms with Crippen LogP contribution in [0.1, 0.15) is 22.9 Å². The number of nitrogens with zero attached hydrogens (tertiary/aromatic N) is 3. The van der Waals surface area contributed by atoms with Gasteiger partial charge in [-0.3, -0.25) is 19.5 Å². The normalized spacial score (nSPS) is 16.2. The van der Waals surface area contributed by atoms with Crippen LogP contribution in [0.25, 0.3) is 10.9 Å². The highest BCUT2D eigenvalue weighted by molar-refractivity contribution is 7.93. The summed E-state index contributed by atoms with van der Waals surface area (Å²) in [7, 11) is -4.14. The van der Waals surface area contributed by atoms with Crippen molar-refractivity contribution in [2.24, 2.45) is 0 Å². The quantitative estimate of drug-likeness (QED) is 0.302. The van der Waals surface area contributed by atoms with Crippen LogP contribution in [0.5, 0.6) is 0 Å². The van der Waals surface area contributed by atoms with Crippen molar-refractivity contribution in [3.63, 3.8) is 0 Å². The van der Waals surface area contributed by atoms with Crippen molar-refractivity contribution < 1.29 is 31.1 Å². The number of nitrogens with one attached hydrogen (secondary N) is 1. The molecule has 1 atom stereocenters. The van der Waals surface area contributed by atoms with E-state index in [2.05, 4.69) is 14.6 Å². The van der Waals surface area contributed by atoms with E-state index >= 15 is 0 Å². The first kappa shape index (κ1) is 28.0. The molecule has 4 aromatic rings. The van der Waals surface area contributed by atoms with E-state index in [0.29, 0.717) is 38.1 Å². The fraction of sp³-hybridized carbons (Fsp3) is 0.250. The lowest BCUT2D eigenvalue weighted by molar-refractivity contribution is -0.137. The summed E-state index contributed by atoms with van der Waals surface area (Å²) in [4.78, 5) is 7.88. The van der Waals surface area contributed by atoms with Gasteiger partial charge in [-0.25, -0.2) is 12.8 Å². The van der Waals surface area contributed by atoms with Crippen LogP contribution < -0.4 is 4.72 Å². The molecule has 0 bridgehead atoms. The SMILES string of the molecule is O=S(=O)(Nc1ccc(C(O)N2CCN(Cc3ccc(C(F)(F)F)cc3)CC2)cc1F)c1cccc2cccnc12. The lowest BCUT2D eigenvalue weighted by atomic mass is 10.1. The molecule has 0 amide bonds. The zero-order chi connectivity index (χ0) is 28.5. The van der Waals surface area contributed by atoms with Gasteiger partial charge < -0.3 is 5.11 Å². The van der Waals surface area contributed by atoms with Gasteiger partial charge in [0.25, 0.3) is 10.0 Å². The van der Waals surface area contributed by atoms with E-state index in [4.69, 9.17) is 0 Å². The van der Waals surface area contributed by atoms with Crippen molar-refractivity contribution in [1.82, 2.24) is 14.8 Å². The first-order valence-electron chi connectivity index (χ1n) is 12.5. The number of fused-ring (bicyclic) bond motifs is 1. The maximum absolute atomic E-state index is 15.0. The van der Waals surface area contributed by atoms with Crippen molar-refractivity contribution in [3.8, 4) is 0 Å². The average Bonchev–Trinajstić information content (AvgIpc) is 2.93. The largest absolute Gasteiger partial charge is 0.416 e. The fourth-order valence-electron chi connectivity index (χ4n) is 4.70. The number of pyridine rings is 1. The molecule has 210 valence electrons. The minimum absolute atomic E-state index is 0.0803. The third-order valence-corrected chi connectivity index (χ3v) is 8.26. The van der Waals surface area contributed by atoms with Gasteiger partial charge in [0.1, 0.15) is 16.9 Å². The van der Waals surface area contributed by atoms with Crippen molar-refractivity contribution in [1.29, 1.82) is 0 Å². The molecule has 0 saturated carbocycles. The third-order valence-electron chi connectivity index (χ3n) is 6.86. The van der Waals surface area contributed by atoms with Gasteiger partial charge in [0.15, 0.2) is 0 Å². The van der Waals surface area contributed by atoms with Gasteiger partial charge in [-0.15, -0.1) is 0 Å². The van der Waals surface area contributed by atoms with Crippen LogP contribution in [0.3, 0.4) is 0 Å². The Bertz CT molecular complexity index is 1600. The van der Waals surface area contributed by atoms with Crippen LogP contribution >= 0.6 is 0 Å². The summed E-state index contributed by atoms with van der Waals surface area (Å²) in [5, 5.41) is 11.5. The Kier molecular flexibility index (Phi) is 7.78. The summed E-state index contributed by atoms with van der Waals surface area (Å²) in [6, 6.07) is 17.0. The van der Waals surface area contributed by atoms with Crippen molar-refractivity contribution in [3.05, 3.63) is 102 Å². The summed E-state index contributed by atoms with van der Waals surface area (Å²) < 4.78 is 81.7. The highest BCUT2D eigenvalue weighted by Crippen LogP contribution is 2.30. The first-order valence-corrected chi connectivity index (χ1v) is 14.0. The van der Waals surface area contributed by atoms with Crippen molar-refractivity contribution in [2.45, 2.75) is 23.8 Å². The summed E-state index contributed by atoms with van der Waals surface area (Å²) in [5.74, 6) is -0.839. The number of sulfonamides is 1. The number of hydrogen-bond acceptors (Lipinski definition) is 6. The van der Waals surface area contributed by atoms with Gasteiger partial charge in [0, 0.05) is 44.3 Å². The van der Waals surface area contributed by atoms with Crippen LogP contribution in [0.15, 0.2) is 83.9 Å². The van der Waals surface area contributed by atoms with Crippen molar-refractivity contribution >= 4 is 26.6 Å². The van der Waals surface area contributed by atoms with Gasteiger partial charge in [0.05, 0.1) is 16.8 Å². The Morgan fingerprint density at radius 3 is 2.33 bits per heavy atom. The number of benzene rings is 3. The Morgan fingerprint density at radius 2 is 1.65 bits per heavy atom. The number of hydrogen-bond donors (Lipinski definition) is 2. The van der Waals surface area contributed by atoms with E-state index in [0.717, 1.165) is 23.8 Å². The zero-order valence-electron chi connectivity index (χ0n) is 21.1. The van der Waals surface area contributed by atoms with Crippen LogP contribution in [0.2, 0.25) is 0 Å². The molecule has 1 aliphatic rings. The second-order valence-corrected chi connectivity index (χ2v) is 11.2. The maximum atomic E-state index is 15.0. The second-order valence-electron chi connectivity index (χ2n) is 9.56. The Labute approximate surface area is 228 Å². The Hall–Kier alpha value is -3.58. The maximum Gasteiger partial charge on any atom is 0.416 e. The third kappa shape index (κ3) is 6.09. The average molecular weight is 575 g/mol. The molecule has 0 aliphatic carbocycles. The molecule has 3 aromatic carbocycles. The van der Waals surface area contributed by atoms with Crippen LogP contribution in [0.4, 0.5) is 23.2 Å². The smallest absolute Gasteiger partial charge is 0.374 e. The van der Waals surface area contributed by atoms with E-state index in [1.54, 1.807) is 29.2 Å². The van der Waals surface area contributed by atoms with Gasteiger partial charge in [0.2, 0.25) is 0 Å². The molecular formula is C28H26F4N4O3S. The minimum atomic E-state index is -4.38. The molecule has 0 radical (unpaired) electrons. The predicted octanol–water partition coefficient (Wildman–Crippen LogP) is 5.00. The number of piperazine rings is 1. The van der Waals surface area contributed by atoms with E-state index < -0.39 is 33.8 Å². The molecule has 1 fully saturated rings. The number of aliphatic hydroxyl groups is 1. The first-order chi connectivity index (χ1) is 19.0. The highest BCUT2D eigenvalue weighted by Gasteiger charge is 2.30. The molecule has 1 saturated heterocycles. The number of aromatic nitrogens is 1. The molecule has 2 heterocycles. The minimum Gasteiger partial charge on any atom is -0.374 e. The van der Waals surface area contributed by atoms with Crippen LogP contribution in [0, 0.1) is 5.82 Å². The number of aliphatic hydroxyl groups excluding tert-OH is 1. The molecule has 5 rings (SSSR count). The number of alkyl halides is 3. The van der Waals surface area contributed by atoms with Gasteiger partial charge in [-0.2, -0.15) is 13.2 Å². The standard InChI is InChI=1S/C28H26F4N4O3S/c29-23-17-21(8-11-24(23)34-40(38,39)25-5-1-3-20-4-2-12-33-26(20)25)27(37)36-15-13-35(14-16-36)18-19-6-9-22(10-7-19)28(30,31)32/h1-12,17,27,34,37H,13-16,18H2. The Balaban J connectivity index is 1.21. The molecule has 40 heavy (non-hydrogen) atoms. The van der Waals surface area contributed by atoms with Crippen LogP contribution in [-0.2, 0) is 22.7 Å². The van der Waals surface area contributed by atoms with Crippen molar-refractivity contribution in [2.75, 3.05) is 30.9 Å². The van der Waals surface area contributed by atoms with Gasteiger partial charge >= 0.3 is 6.18 Å². The Morgan fingerprint density at radius 1 is 0.950 bits per heavy atom. The number of rotatable bonds is 7. The lowest BCUT2D eigenvalue weighted by Crippen LogP contribution is -2.47. The summed E-state index contributed by atoms with van der Waals surface area (Å²) in [6.07, 6.45) is -4.01. The second kappa shape index (κ2) is 11.1. The molecule has 2 N–H and O–H groups in total. The molecule has 1 aliphatic heterocycles. The zero-order valence-corrected chi connectivity index (χ0v) is 22.0. The fourth-order valence-corrected chi connectivity index (χ4v) is 5.95. The van der Waals surface area contributed by atoms with Crippen LogP contribution in [-0.4, -0.2) is 54.5 Å². The molecule has 12 heteroatoms. The molecule has 1 aromatic heterocycles. The van der Waals surface area contributed by atoms with Gasteiger partial charge in [-0.1, -0.05) is 36.4 Å². The number of halogens is 4. The molecular weight excluding hydrogens is 548 g/mol. The number of para-hydroxylation sites is 1. The molecule has 7 nitrogen and oxygen atoms in total. The number of anilines is 1. The van der Waals surface area contributed by atoms with E-state index in [9.17, 15) is 31.1 Å². The van der Waals surface area contributed by atoms with E-state index in [-0.39, 0.29) is 21.7 Å². The summed E-state index contributed by atoms with van der Waals surface area (Å²) in [5.41, 5.74) is 0.332. The lowest BCUT2D eigenvalue weighted by Gasteiger charge is -2.37. The predicted molar refractivity (Wildman–Crippen MR) is 142 cm³/mol. The topological polar surface area (TPSA) is 85.8 Å².